The quantitative estimate of drug-likeness (QED) is 0.759. The van der Waals surface area contributed by atoms with E-state index in [-0.39, 0.29) is 23.9 Å². The van der Waals surface area contributed by atoms with Gasteiger partial charge in [0, 0.05) is 0 Å². The molecule has 0 saturated heterocycles. The molecule has 2 rings (SSSR count). The van der Waals surface area contributed by atoms with E-state index in [4.69, 9.17) is 9.84 Å². The Balaban J connectivity index is 2.10. The summed E-state index contributed by atoms with van der Waals surface area (Å²) in [6.07, 6.45) is 0. The first-order valence-electron chi connectivity index (χ1n) is 5.08. The minimum absolute atomic E-state index is 0.0104. The van der Waals surface area contributed by atoms with Gasteiger partial charge in [0.1, 0.15) is 29.6 Å². The predicted molar refractivity (Wildman–Crippen MR) is 62.2 cm³/mol. The zero-order valence-electron chi connectivity index (χ0n) is 9.00. The van der Waals surface area contributed by atoms with E-state index in [9.17, 15) is 10.2 Å². The van der Waals surface area contributed by atoms with E-state index in [0.717, 1.165) is 0 Å². The lowest BCUT2D eigenvalue weighted by Gasteiger charge is -2.09. The van der Waals surface area contributed by atoms with Crippen molar-refractivity contribution in [3.63, 3.8) is 0 Å². The third-order valence-corrected chi connectivity index (χ3v) is 2.35. The fourth-order valence-electron chi connectivity index (χ4n) is 1.41. The van der Waals surface area contributed by atoms with Gasteiger partial charge in [-0.15, -0.1) is 0 Å². The summed E-state index contributed by atoms with van der Waals surface area (Å²) in [5.41, 5.74) is 0.334. The van der Waals surface area contributed by atoms with Crippen molar-refractivity contribution in [2.45, 2.75) is 6.61 Å². The second-order valence-corrected chi connectivity index (χ2v) is 3.56. The van der Waals surface area contributed by atoms with Crippen molar-refractivity contribution in [1.29, 1.82) is 0 Å². The molecule has 0 aliphatic carbocycles. The van der Waals surface area contributed by atoms with Gasteiger partial charge in [0.15, 0.2) is 0 Å². The maximum Gasteiger partial charge on any atom is 0.125 e. The second kappa shape index (κ2) is 4.65. The Morgan fingerprint density at radius 3 is 2.00 bits per heavy atom. The lowest BCUT2D eigenvalue weighted by atomic mass is 10.2. The Morgan fingerprint density at radius 2 is 1.41 bits per heavy atom. The van der Waals surface area contributed by atoms with Gasteiger partial charge in [-0.1, -0.05) is 6.07 Å². The van der Waals surface area contributed by atoms with Crippen molar-refractivity contribution in [3.05, 3.63) is 48.0 Å². The Kier molecular flexibility index (Phi) is 3.05. The van der Waals surface area contributed by atoms with Crippen molar-refractivity contribution >= 4 is 0 Å². The second-order valence-electron chi connectivity index (χ2n) is 3.56. The number of aromatic hydroxyl groups is 3. The summed E-state index contributed by atoms with van der Waals surface area (Å²) in [5, 5.41) is 28.2. The molecule has 0 amide bonds. The first-order chi connectivity index (χ1) is 8.16. The van der Waals surface area contributed by atoms with Gasteiger partial charge in [0.2, 0.25) is 0 Å². The topological polar surface area (TPSA) is 69.9 Å². The van der Waals surface area contributed by atoms with Crippen LogP contribution in [0.15, 0.2) is 42.5 Å². The molecule has 0 aliphatic rings. The lowest BCUT2D eigenvalue weighted by Crippen LogP contribution is -1.96. The smallest absolute Gasteiger partial charge is 0.125 e. The number of rotatable bonds is 3. The van der Waals surface area contributed by atoms with Crippen LogP contribution in [-0.2, 0) is 6.61 Å². The fourth-order valence-corrected chi connectivity index (χ4v) is 1.41. The van der Waals surface area contributed by atoms with E-state index >= 15 is 0 Å². The van der Waals surface area contributed by atoms with Gasteiger partial charge in [-0.25, -0.2) is 0 Å². The maximum atomic E-state index is 9.53. The molecule has 0 aromatic heterocycles. The van der Waals surface area contributed by atoms with E-state index < -0.39 is 0 Å². The van der Waals surface area contributed by atoms with Crippen molar-refractivity contribution in [3.8, 4) is 23.0 Å². The first kappa shape index (κ1) is 11.1. The van der Waals surface area contributed by atoms with Crippen LogP contribution in [0.3, 0.4) is 0 Å². The highest BCUT2D eigenvalue weighted by atomic mass is 16.5. The van der Waals surface area contributed by atoms with Crippen LogP contribution < -0.4 is 4.74 Å². The van der Waals surface area contributed by atoms with Crippen molar-refractivity contribution in [2.24, 2.45) is 0 Å². The molecular weight excluding hydrogens is 220 g/mol. The molecule has 88 valence electrons. The summed E-state index contributed by atoms with van der Waals surface area (Å²) < 4.78 is 5.38. The SMILES string of the molecule is Oc1ccc(OCc2c(O)cccc2O)cc1. The van der Waals surface area contributed by atoms with Gasteiger partial charge >= 0.3 is 0 Å². The molecule has 2 aromatic carbocycles. The van der Waals surface area contributed by atoms with E-state index in [2.05, 4.69) is 0 Å². The Morgan fingerprint density at radius 1 is 0.824 bits per heavy atom. The normalized spacial score (nSPS) is 10.1. The molecule has 0 unspecified atom stereocenters. The van der Waals surface area contributed by atoms with Gasteiger partial charge in [-0.2, -0.15) is 0 Å². The molecule has 0 radical (unpaired) electrons. The number of hydrogen-bond acceptors (Lipinski definition) is 4. The highest BCUT2D eigenvalue weighted by Crippen LogP contribution is 2.27. The third-order valence-electron chi connectivity index (χ3n) is 2.35. The highest BCUT2D eigenvalue weighted by Gasteiger charge is 2.07. The number of hydrogen-bond donors (Lipinski definition) is 3. The monoisotopic (exact) mass is 232 g/mol. The average Bonchev–Trinajstić information content (AvgIpc) is 2.31. The van der Waals surface area contributed by atoms with Crippen molar-refractivity contribution in [1.82, 2.24) is 0 Å². The molecule has 17 heavy (non-hydrogen) atoms. The molecule has 0 atom stereocenters. The van der Waals surface area contributed by atoms with Crippen LogP contribution >= 0.6 is 0 Å². The summed E-state index contributed by atoms with van der Waals surface area (Å²) in [7, 11) is 0. The standard InChI is InChI=1S/C13H12O4/c14-9-4-6-10(7-5-9)17-8-11-12(15)2-1-3-13(11)16/h1-7,14-16H,8H2. The Labute approximate surface area is 98.3 Å². The molecule has 3 N–H and O–H groups in total. The van der Waals surface area contributed by atoms with E-state index in [1.54, 1.807) is 18.2 Å². The minimum Gasteiger partial charge on any atom is -0.508 e. The fraction of sp³-hybridized carbons (Fsp3) is 0.0769. The van der Waals surface area contributed by atoms with Crippen LogP contribution in [0, 0.1) is 0 Å². The average molecular weight is 232 g/mol. The zero-order valence-corrected chi connectivity index (χ0v) is 9.00. The van der Waals surface area contributed by atoms with Crippen molar-refractivity contribution < 1.29 is 20.1 Å². The number of ether oxygens (including phenoxy) is 1. The molecular formula is C13H12O4. The summed E-state index contributed by atoms with van der Waals surface area (Å²) in [6, 6.07) is 10.7. The van der Waals surface area contributed by atoms with Gasteiger partial charge in [-0.3, -0.25) is 0 Å². The lowest BCUT2D eigenvalue weighted by molar-refractivity contribution is 0.291. The van der Waals surface area contributed by atoms with Crippen LogP contribution in [-0.4, -0.2) is 15.3 Å². The molecule has 0 spiro atoms. The van der Waals surface area contributed by atoms with Gasteiger partial charge < -0.3 is 20.1 Å². The molecule has 0 saturated carbocycles. The zero-order chi connectivity index (χ0) is 12.3. The largest absolute Gasteiger partial charge is 0.508 e. The maximum absolute atomic E-state index is 9.53. The number of phenolic OH excluding ortho intramolecular Hbond substituents is 3. The minimum atomic E-state index is -0.0104. The van der Waals surface area contributed by atoms with Crippen molar-refractivity contribution in [2.75, 3.05) is 0 Å². The molecule has 4 nitrogen and oxygen atoms in total. The predicted octanol–water partition coefficient (Wildman–Crippen LogP) is 2.38. The van der Waals surface area contributed by atoms with Crippen LogP contribution in [0.5, 0.6) is 23.0 Å². The van der Waals surface area contributed by atoms with E-state index in [1.807, 2.05) is 0 Å². The van der Waals surface area contributed by atoms with Crippen LogP contribution in [0.25, 0.3) is 0 Å². The van der Waals surface area contributed by atoms with E-state index in [0.29, 0.717) is 11.3 Å². The van der Waals surface area contributed by atoms with Crippen LogP contribution in [0.4, 0.5) is 0 Å². The Bertz CT molecular complexity index is 485. The van der Waals surface area contributed by atoms with Gasteiger partial charge in [-0.05, 0) is 36.4 Å². The number of phenols is 3. The molecule has 0 aliphatic heterocycles. The molecule has 4 heteroatoms. The third kappa shape index (κ3) is 2.60. The molecule has 0 fully saturated rings. The summed E-state index contributed by atoms with van der Waals surface area (Å²) >= 11 is 0. The molecule has 2 aromatic rings. The van der Waals surface area contributed by atoms with Gasteiger partial charge in [0.25, 0.3) is 0 Å². The van der Waals surface area contributed by atoms with E-state index in [1.165, 1.54) is 24.3 Å². The molecule has 0 bridgehead atoms. The summed E-state index contributed by atoms with van der Waals surface area (Å²) in [6.45, 7) is 0.0588. The summed E-state index contributed by atoms with van der Waals surface area (Å²) in [5.74, 6) is 0.681. The summed E-state index contributed by atoms with van der Waals surface area (Å²) in [4.78, 5) is 0. The van der Waals surface area contributed by atoms with Gasteiger partial charge in [0.05, 0.1) is 5.56 Å². The van der Waals surface area contributed by atoms with Crippen LogP contribution in [0.1, 0.15) is 5.56 Å². The van der Waals surface area contributed by atoms with Crippen LogP contribution in [0.2, 0.25) is 0 Å². The molecule has 0 heterocycles. The number of benzene rings is 2. The Hall–Kier alpha value is -2.36. The highest BCUT2D eigenvalue weighted by molar-refractivity contribution is 5.42. The first-order valence-corrected chi connectivity index (χ1v) is 5.08.